The molecule has 1 N–H and O–H groups in total. The molecule has 3 atom stereocenters. The van der Waals surface area contributed by atoms with Crippen LogP contribution in [0.5, 0.6) is 0 Å². The second-order valence-corrected chi connectivity index (χ2v) is 5.05. The molecule has 1 aromatic rings. The molecular weight excluding hydrogens is 228 g/mol. The average molecular weight is 250 g/mol. The maximum Gasteiger partial charge on any atom is 0.158 e. The molecule has 18 heavy (non-hydrogen) atoms. The van der Waals surface area contributed by atoms with Crippen LogP contribution < -0.4 is 0 Å². The van der Waals surface area contributed by atoms with Crippen LogP contribution in [0.2, 0.25) is 0 Å². The second-order valence-electron chi connectivity index (χ2n) is 5.05. The molecule has 0 saturated carbocycles. The lowest BCUT2D eigenvalue weighted by molar-refractivity contribution is -0.213. The van der Waals surface area contributed by atoms with Crippen LogP contribution in [0.3, 0.4) is 0 Å². The van der Waals surface area contributed by atoms with Gasteiger partial charge in [-0.2, -0.15) is 0 Å². The standard InChI is InChI=1S/C15H22O3/c1-11-3-6-13(7-4-11)15-12(2)5-8-14(18-15)17-10-9-16/h3-4,6-7,12,14-16H,5,8-10H2,1-2H3. The maximum atomic E-state index is 8.78. The number of benzene rings is 1. The van der Waals surface area contributed by atoms with Gasteiger partial charge in [-0.05, 0) is 31.2 Å². The zero-order valence-electron chi connectivity index (χ0n) is 11.1. The first-order valence-corrected chi connectivity index (χ1v) is 6.65. The van der Waals surface area contributed by atoms with Gasteiger partial charge in [-0.1, -0.05) is 36.8 Å². The normalized spacial score (nSPS) is 28.3. The highest BCUT2D eigenvalue weighted by Crippen LogP contribution is 2.36. The van der Waals surface area contributed by atoms with Gasteiger partial charge < -0.3 is 14.6 Å². The Hall–Kier alpha value is -0.900. The molecule has 0 amide bonds. The maximum absolute atomic E-state index is 8.78. The average Bonchev–Trinajstić information content (AvgIpc) is 2.39. The van der Waals surface area contributed by atoms with Crippen LogP contribution in [0, 0.1) is 12.8 Å². The van der Waals surface area contributed by atoms with Crippen molar-refractivity contribution in [1.29, 1.82) is 0 Å². The molecule has 1 heterocycles. The topological polar surface area (TPSA) is 38.7 Å². The fourth-order valence-corrected chi connectivity index (χ4v) is 2.39. The van der Waals surface area contributed by atoms with Gasteiger partial charge in [0, 0.05) is 0 Å². The Bertz CT molecular complexity index is 359. The van der Waals surface area contributed by atoms with Gasteiger partial charge in [-0.3, -0.25) is 0 Å². The zero-order valence-corrected chi connectivity index (χ0v) is 11.1. The molecule has 1 saturated heterocycles. The number of aliphatic hydroxyl groups is 1. The minimum atomic E-state index is -0.181. The summed E-state index contributed by atoms with van der Waals surface area (Å²) in [6, 6.07) is 8.49. The summed E-state index contributed by atoms with van der Waals surface area (Å²) in [5.74, 6) is 0.502. The van der Waals surface area contributed by atoms with Crippen LogP contribution in [0.4, 0.5) is 0 Å². The van der Waals surface area contributed by atoms with E-state index in [9.17, 15) is 0 Å². The van der Waals surface area contributed by atoms with Crippen LogP contribution in [-0.2, 0) is 9.47 Å². The molecule has 3 unspecified atom stereocenters. The first kappa shape index (κ1) is 13.5. The van der Waals surface area contributed by atoms with E-state index >= 15 is 0 Å². The lowest BCUT2D eigenvalue weighted by Crippen LogP contribution is -2.30. The first-order valence-electron chi connectivity index (χ1n) is 6.65. The molecule has 0 aromatic heterocycles. The Kier molecular flexibility index (Phi) is 4.75. The molecular formula is C15H22O3. The van der Waals surface area contributed by atoms with Crippen molar-refractivity contribution in [3.8, 4) is 0 Å². The summed E-state index contributed by atoms with van der Waals surface area (Å²) in [7, 11) is 0. The summed E-state index contributed by atoms with van der Waals surface area (Å²) < 4.78 is 11.5. The smallest absolute Gasteiger partial charge is 0.158 e. The SMILES string of the molecule is Cc1ccc(C2OC(OCCO)CCC2C)cc1. The third-order valence-electron chi connectivity index (χ3n) is 3.47. The predicted molar refractivity (Wildman–Crippen MR) is 70.2 cm³/mol. The van der Waals surface area contributed by atoms with Crippen molar-refractivity contribution in [2.75, 3.05) is 13.2 Å². The zero-order chi connectivity index (χ0) is 13.0. The number of hydrogen-bond donors (Lipinski definition) is 1. The number of aryl methyl sites for hydroxylation is 1. The summed E-state index contributed by atoms with van der Waals surface area (Å²) in [5, 5.41) is 8.78. The van der Waals surface area contributed by atoms with Crippen molar-refractivity contribution in [3.05, 3.63) is 35.4 Å². The van der Waals surface area contributed by atoms with Crippen molar-refractivity contribution >= 4 is 0 Å². The lowest BCUT2D eigenvalue weighted by Gasteiger charge is -2.35. The lowest BCUT2D eigenvalue weighted by atomic mass is 9.90. The Morgan fingerprint density at radius 3 is 2.67 bits per heavy atom. The van der Waals surface area contributed by atoms with Crippen LogP contribution in [0.1, 0.15) is 37.0 Å². The van der Waals surface area contributed by atoms with Crippen LogP contribution >= 0.6 is 0 Å². The molecule has 3 heteroatoms. The summed E-state index contributed by atoms with van der Waals surface area (Å²) >= 11 is 0. The van der Waals surface area contributed by atoms with E-state index in [-0.39, 0.29) is 19.0 Å². The van der Waals surface area contributed by atoms with E-state index in [0.717, 1.165) is 12.8 Å². The van der Waals surface area contributed by atoms with Gasteiger partial charge in [0.05, 0.1) is 19.3 Å². The van der Waals surface area contributed by atoms with Crippen molar-refractivity contribution < 1.29 is 14.6 Å². The summed E-state index contributed by atoms with van der Waals surface area (Å²) in [5.41, 5.74) is 2.47. The monoisotopic (exact) mass is 250 g/mol. The summed E-state index contributed by atoms with van der Waals surface area (Å²) in [6.07, 6.45) is 1.92. The molecule has 1 fully saturated rings. The number of ether oxygens (including phenoxy) is 2. The molecule has 0 bridgehead atoms. The van der Waals surface area contributed by atoms with Gasteiger partial charge in [0.15, 0.2) is 6.29 Å². The Labute approximate surface area is 109 Å². The highest BCUT2D eigenvalue weighted by atomic mass is 16.7. The summed E-state index contributed by atoms with van der Waals surface area (Å²) in [4.78, 5) is 0. The van der Waals surface area contributed by atoms with E-state index in [4.69, 9.17) is 14.6 Å². The molecule has 0 aliphatic carbocycles. The van der Waals surface area contributed by atoms with E-state index in [2.05, 4.69) is 38.1 Å². The van der Waals surface area contributed by atoms with Crippen molar-refractivity contribution in [2.24, 2.45) is 5.92 Å². The molecule has 1 aliphatic rings. The molecule has 0 radical (unpaired) electrons. The molecule has 3 nitrogen and oxygen atoms in total. The van der Waals surface area contributed by atoms with Gasteiger partial charge in [0.1, 0.15) is 0 Å². The van der Waals surface area contributed by atoms with Gasteiger partial charge in [-0.25, -0.2) is 0 Å². The van der Waals surface area contributed by atoms with Crippen molar-refractivity contribution in [2.45, 2.75) is 39.1 Å². The fraction of sp³-hybridized carbons (Fsp3) is 0.600. The molecule has 0 spiro atoms. The minimum absolute atomic E-state index is 0.0462. The van der Waals surface area contributed by atoms with E-state index in [1.165, 1.54) is 11.1 Å². The van der Waals surface area contributed by atoms with E-state index < -0.39 is 0 Å². The van der Waals surface area contributed by atoms with E-state index in [1.54, 1.807) is 0 Å². The highest BCUT2D eigenvalue weighted by molar-refractivity contribution is 5.23. The van der Waals surface area contributed by atoms with Crippen LogP contribution in [0.25, 0.3) is 0 Å². The van der Waals surface area contributed by atoms with Gasteiger partial charge >= 0.3 is 0 Å². The van der Waals surface area contributed by atoms with Gasteiger partial charge in [0.2, 0.25) is 0 Å². The first-order chi connectivity index (χ1) is 8.70. The predicted octanol–water partition coefficient (Wildman–Crippen LogP) is 2.82. The van der Waals surface area contributed by atoms with Crippen molar-refractivity contribution in [1.82, 2.24) is 0 Å². The summed E-state index contributed by atoms with van der Waals surface area (Å²) in [6.45, 7) is 4.69. The fourth-order valence-electron chi connectivity index (χ4n) is 2.39. The third kappa shape index (κ3) is 3.31. The van der Waals surface area contributed by atoms with Crippen LogP contribution in [0.15, 0.2) is 24.3 Å². The molecule has 100 valence electrons. The Morgan fingerprint density at radius 2 is 2.00 bits per heavy atom. The Balaban J connectivity index is 2.03. The molecule has 1 aliphatic heterocycles. The third-order valence-corrected chi connectivity index (χ3v) is 3.47. The minimum Gasteiger partial charge on any atom is -0.394 e. The molecule has 1 aromatic carbocycles. The number of aliphatic hydroxyl groups excluding tert-OH is 1. The highest BCUT2D eigenvalue weighted by Gasteiger charge is 2.29. The van der Waals surface area contributed by atoms with Gasteiger partial charge in [0.25, 0.3) is 0 Å². The largest absolute Gasteiger partial charge is 0.394 e. The second kappa shape index (κ2) is 6.32. The van der Waals surface area contributed by atoms with E-state index in [1.807, 2.05) is 0 Å². The van der Waals surface area contributed by atoms with Crippen molar-refractivity contribution in [3.63, 3.8) is 0 Å². The quantitative estimate of drug-likeness (QED) is 0.893. The number of rotatable bonds is 4. The Morgan fingerprint density at radius 1 is 1.28 bits per heavy atom. The van der Waals surface area contributed by atoms with E-state index in [0.29, 0.717) is 12.5 Å². The van der Waals surface area contributed by atoms with Crippen LogP contribution in [-0.4, -0.2) is 24.6 Å². The molecule has 2 rings (SSSR count). The number of hydrogen-bond acceptors (Lipinski definition) is 3. The van der Waals surface area contributed by atoms with Gasteiger partial charge in [-0.15, -0.1) is 0 Å².